The second-order valence-corrected chi connectivity index (χ2v) is 8.85. The molecule has 1 heterocycles. The van der Waals surface area contributed by atoms with Crippen LogP contribution in [0.2, 0.25) is 0 Å². The lowest BCUT2D eigenvalue weighted by atomic mass is 10.0. The fourth-order valence-corrected chi connectivity index (χ4v) is 4.01. The lowest BCUT2D eigenvalue weighted by Crippen LogP contribution is -2.54. The Morgan fingerprint density at radius 3 is 2.16 bits per heavy atom. The average molecular weight is 488 g/mol. The van der Waals surface area contributed by atoms with Gasteiger partial charge in [0.1, 0.15) is 12.1 Å². The first-order valence-electron chi connectivity index (χ1n) is 10.2. The zero-order valence-corrected chi connectivity index (χ0v) is 19.1. The van der Waals surface area contributed by atoms with E-state index in [2.05, 4.69) is 26.6 Å². The Morgan fingerprint density at radius 2 is 1.61 bits per heavy atom. The number of anilines is 1. The zero-order valence-electron chi connectivity index (χ0n) is 17.5. The molecule has 2 atom stereocenters. The molecule has 3 amide bonds. The number of rotatable bonds is 6. The molecule has 8 heteroatoms. The molecular weight excluding hydrogens is 462 g/mol. The summed E-state index contributed by atoms with van der Waals surface area (Å²) < 4.78 is 1.01. The van der Waals surface area contributed by atoms with E-state index >= 15 is 0 Å². The van der Waals surface area contributed by atoms with Crippen molar-refractivity contribution in [1.82, 2.24) is 10.2 Å². The van der Waals surface area contributed by atoms with Crippen LogP contribution in [0.1, 0.15) is 26.7 Å². The van der Waals surface area contributed by atoms with Crippen molar-refractivity contribution >= 4 is 39.5 Å². The number of amides is 3. The Morgan fingerprint density at radius 1 is 1.03 bits per heavy atom. The van der Waals surface area contributed by atoms with Crippen molar-refractivity contribution in [3.8, 4) is 11.1 Å². The standard InChI is InChI=1S/C23H26BrN3O4/c1-14(2)20(26-23(30)31)22(29)27-13-3-4-19(27)21(28)25-18-11-7-16(8-12-18)15-5-9-17(24)10-6-15/h5-12,14,19-20,26H,3-4,13H2,1-2H3,(H,25,28)(H,30,31). The maximum Gasteiger partial charge on any atom is 0.405 e. The van der Waals surface area contributed by atoms with Gasteiger partial charge in [-0.2, -0.15) is 0 Å². The molecule has 1 saturated heterocycles. The van der Waals surface area contributed by atoms with Gasteiger partial charge in [0.2, 0.25) is 11.8 Å². The lowest BCUT2D eigenvalue weighted by molar-refractivity contribution is -0.139. The molecule has 2 aromatic rings. The van der Waals surface area contributed by atoms with Crippen molar-refractivity contribution in [1.29, 1.82) is 0 Å². The summed E-state index contributed by atoms with van der Waals surface area (Å²) in [7, 11) is 0. The van der Waals surface area contributed by atoms with Gasteiger partial charge in [-0.25, -0.2) is 4.79 Å². The average Bonchev–Trinajstić information content (AvgIpc) is 3.22. The highest BCUT2D eigenvalue weighted by Crippen LogP contribution is 2.25. The summed E-state index contributed by atoms with van der Waals surface area (Å²) >= 11 is 3.42. The van der Waals surface area contributed by atoms with E-state index in [0.29, 0.717) is 25.1 Å². The van der Waals surface area contributed by atoms with Crippen LogP contribution in [-0.4, -0.2) is 46.5 Å². The van der Waals surface area contributed by atoms with Crippen molar-refractivity contribution in [3.05, 3.63) is 53.0 Å². The minimum atomic E-state index is -1.25. The van der Waals surface area contributed by atoms with Crippen molar-refractivity contribution in [3.63, 3.8) is 0 Å². The summed E-state index contributed by atoms with van der Waals surface area (Å²) in [6.45, 7) is 3.98. The van der Waals surface area contributed by atoms with Gasteiger partial charge in [-0.1, -0.05) is 54.0 Å². The molecular formula is C23H26BrN3O4. The van der Waals surface area contributed by atoms with E-state index in [4.69, 9.17) is 5.11 Å². The third kappa shape index (κ3) is 5.64. The Bertz CT molecular complexity index is 944. The molecule has 2 aromatic carbocycles. The zero-order chi connectivity index (χ0) is 22.5. The molecule has 164 valence electrons. The van der Waals surface area contributed by atoms with E-state index in [1.54, 1.807) is 13.8 Å². The van der Waals surface area contributed by atoms with Gasteiger partial charge in [-0.3, -0.25) is 9.59 Å². The highest BCUT2D eigenvalue weighted by Gasteiger charge is 2.38. The van der Waals surface area contributed by atoms with Gasteiger partial charge < -0.3 is 20.6 Å². The number of benzene rings is 2. The third-order valence-electron chi connectivity index (χ3n) is 5.38. The van der Waals surface area contributed by atoms with Crippen LogP contribution in [0.25, 0.3) is 11.1 Å². The molecule has 7 nitrogen and oxygen atoms in total. The van der Waals surface area contributed by atoms with Gasteiger partial charge in [-0.05, 0) is 54.2 Å². The summed E-state index contributed by atoms with van der Waals surface area (Å²) in [6.07, 6.45) is -0.00507. The second-order valence-electron chi connectivity index (χ2n) is 7.93. The Balaban J connectivity index is 1.68. The first-order chi connectivity index (χ1) is 14.8. The Hall–Kier alpha value is -2.87. The van der Waals surface area contributed by atoms with E-state index in [9.17, 15) is 14.4 Å². The van der Waals surface area contributed by atoms with Crippen molar-refractivity contribution < 1.29 is 19.5 Å². The molecule has 0 saturated carbocycles. The molecule has 0 aromatic heterocycles. The molecule has 0 aliphatic carbocycles. The van der Waals surface area contributed by atoms with Crippen LogP contribution in [0.3, 0.4) is 0 Å². The molecule has 0 bridgehead atoms. The highest BCUT2D eigenvalue weighted by molar-refractivity contribution is 9.10. The van der Waals surface area contributed by atoms with E-state index in [1.165, 1.54) is 4.90 Å². The van der Waals surface area contributed by atoms with Crippen LogP contribution in [-0.2, 0) is 9.59 Å². The number of carbonyl (C=O) groups is 3. The molecule has 0 spiro atoms. The quantitative estimate of drug-likeness (QED) is 0.564. The third-order valence-corrected chi connectivity index (χ3v) is 5.91. The number of halogens is 1. The first kappa shape index (κ1) is 22.8. The number of nitrogens with one attached hydrogen (secondary N) is 2. The summed E-state index contributed by atoms with van der Waals surface area (Å²) in [5, 5.41) is 14.2. The maximum absolute atomic E-state index is 12.9. The SMILES string of the molecule is CC(C)C(NC(=O)O)C(=O)N1CCCC1C(=O)Nc1ccc(-c2ccc(Br)cc2)cc1. The van der Waals surface area contributed by atoms with Crippen molar-refractivity contribution in [2.24, 2.45) is 5.92 Å². The molecule has 1 fully saturated rings. The van der Waals surface area contributed by atoms with E-state index in [1.807, 2.05) is 48.5 Å². The fraction of sp³-hybridized carbons (Fsp3) is 0.348. The van der Waals surface area contributed by atoms with Gasteiger partial charge in [0.25, 0.3) is 0 Å². The van der Waals surface area contributed by atoms with Crippen LogP contribution >= 0.6 is 15.9 Å². The molecule has 3 rings (SSSR count). The number of carbonyl (C=O) groups excluding carboxylic acids is 2. The summed E-state index contributed by atoms with van der Waals surface area (Å²) in [6, 6.07) is 14.0. The molecule has 1 aliphatic heterocycles. The number of hydrogen-bond donors (Lipinski definition) is 3. The van der Waals surface area contributed by atoms with Crippen LogP contribution < -0.4 is 10.6 Å². The van der Waals surface area contributed by atoms with Gasteiger partial charge in [0.05, 0.1) is 0 Å². The number of carboxylic acid groups (broad SMARTS) is 1. The van der Waals surface area contributed by atoms with Gasteiger partial charge in [-0.15, -0.1) is 0 Å². The topological polar surface area (TPSA) is 98.7 Å². The van der Waals surface area contributed by atoms with Gasteiger partial charge in [0, 0.05) is 16.7 Å². The second kappa shape index (κ2) is 9.96. The maximum atomic E-state index is 12.9. The Labute approximate surface area is 190 Å². The summed E-state index contributed by atoms with van der Waals surface area (Å²) in [5.74, 6) is -0.847. The molecule has 0 radical (unpaired) electrons. The molecule has 2 unspecified atom stereocenters. The predicted octanol–water partition coefficient (Wildman–Crippen LogP) is 4.34. The largest absolute Gasteiger partial charge is 0.465 e. The predicted molar refractivity (Wildman–Crippen MR) is 123 cm³/mol. The number of nitrogens with zero attached hydrogens (tertiary/aromatic N) is 1. The minimum absolute atomic E-state index is 0.223. The Kier molecular flexibility index (Phi) is 7.33. The van der Waals surface area contributed by atoms with Gasteiger partial charge in [0.15, 0.2) is 0 Å². The smallest absolute Gasteiger partial charge is 0.405 e. The molecule has 3 N–H and O–H groups in total. The van der Waals surface area contributed by atoms with E-state index < -0.39 is 18.2 Å². The molecule has 1 aliphatic rings. The fourth-order valence-electron chi connectivity index (χ4n) is 3.74. The van der Waals surface area contributed by atoms with Crippen molar-refractivity contribution in [2.75, 3.05) is 11.9 Å². The summed E-state index contributed by atoms with van der Waals surface area (Å²) in [4.78, 5) is 38.4. The normalized spacial score (nSPS) is 16.8. The van der Waals surface area contributed by atoms with E-state index in [-0.39, 0.29) is 17.7 Å². The lowest BCUT2D eigenvalue weighted by Gasteiger charge is -2.29. The first-order valence-corrected chi connectivity index (χ1v) is 11.0. The molecule has 31 heavy (non-hydrogen) atoms. The minimum Gasteiger partial charge on any atom is -0.465 e. The van der Waals surface area contributed by atoms with Crippen LogP contribution in [0.5, 0.6) is 0 Å². The number of likely N-dealkylation sites (tertiary alicyclic amines) is 1. The summed E-state index contributed by atoms with van der Waals surface area (Å²) in [5.41, 5.74) is 2.75. The van der Waals surface area contributed by atoms with Crippen molar-refractivity contribution in [2.45, 2.75) is 38.8 Å². The van der Waals surface area contributed by atoms with E-state index in [0.717, 1.165) is 15.6 Å². The van der Waals surface area contributed by atoms with Crippen LogP contribution in [0, 0.1) is 5.92 Å². The van der Waals surface area contributed by atoms with Crippen LogP contribution in [0.4, 0.5) is 10.5 Å². The number of hydrogen-bond acceptors (Lipinski definition) is 3. The monoisotopic (exact) mass is 487 g/mol. The van der Waals surface area contributed by atoms with Crippen LogP contribution in [0.15, 0.2) is 53.0 Å². The highest BCUT2D eigenvalue weighted by atomic mass is 79.9. The van der Waals surface area contributed by atoms with Gasteiger partial charge >= 0.3 is 6.09 Å².